The fourth-order valence-electron chi connectivity index (χ4n) is 3.05. The van der Waals surface area contributed by atoms with Gasteiger partial charge in [0.15, 0.2) is 0 Å². The van der Waals surface area contributed by atoms with Gasteiger partial charge in [0, 0.05) is 23.1 Å². The molecule has 32 heavy (non-hydrogen) atoms. The van der Waals surface area contributed by atoms with E-state index in [-0.39, 0.29) is 23.6 Å². The maximum absolute atomic E-state index is 13.3. The Morgan fingerprint density at radius 3 is 2.16 bits per heavy atom. The normalized spacial score (nSPS) is 14.5. The zero-order valence-corrected chi connectivity index (χ0v) is 17.1. The number of halogens is 5. The number of nitrogens with one attached hydrogen (secondary N) is 3. The van der Waals surface area contributed by atoms with Gasteiger partial charge in [0.1, 0.15) is 29.2 Å². The minimum absolute atomic E-state index is 0.0419. The van der Waals surface area contributed by atoms with Crippen molar-refractivity contribution in [1.82, 2.24) is 9.97 Å². The molecule has 1 aliphatic rings. The second-order valence-electron chi connectivity index (χ2n) is 7.28. The van der Waals surface area contributed by atoms with Crippen LogP contribution < -0.4 is 16.0 Å². The molecule has 1 fully saturated rings. The smallest absolute Gasteiger partial charge is 0.340 e. The Hall–Kier alpha value is -3.40. The van der Waals surface area contributed by atoms with E-state index < -0.39 is 23.3 Å². The van der Waals surface area contributed by atoms with Crippen molar-refractivity contribution in [3.05, 3.63) is 65.7 Å². The summed E-state index contributed by atoms with van der Waals surface area (Å²) in [6.07, 6.45) is -3.71. The van der Waals surface area contributed by atoms with Crippen molar-refractivity contribution >= 4 is 46.2 Å². The third-order valence-corrected chi connectivity index (χ3v) is 5.27. The summed E-state index contributed by atoms with van der Waals surface area (Å²) in [4.78, 5) is 20.3. The van der Waals surface area contributed by atoms with E-state index in [0.717, 1.165) is 0 Å². The Kier molecular flexibility index (Phi) is 5.64. The first kappa shape index (κ1) is 21.8. The second-order valence-corrected chi connectivity index (χ2v) is 7.69. The molecule has 0 atom stereocenters. The van der Waals surface area contributed by atoms with E-state index in [1.165, 1.54) is 36.7 Å². The van der Waals surface area contributed by atoms with Crippen molar-refractivity contribution < 1.29 is 22.4 Å². The topological polar surface area (TPSA) is 78.9 Å². The van der Waals surface area contributed by atoms with Crippen molar-refractivity contribution in [1.29, 1.82) is 0 Å². The van der Waals surface area contributed by atoms with Gasteiger partial charge in [-0.15, -0.1) is 0 Å². The van der Waals surface area contributed by atoms with E-state index in [0.29, 0.717) is 23.0 Å². The summed E-state index contributed by atoms with van der Waals surface area (Å²) >= 11 is 5.77. The lowest BCUT2D eigenvalue weighted by molar-refractivity contribution is -0.189. The number of anilines is 5. The van der Waals surface area contributed by atoms with Gasteiger partial charge in [-0.05, 0) is 49.2 Å². The van der Waals surface area contributed by atoms with Crippen molar-refractivity contribution in [3.63, 3.8) is 0 Å². The average Bonchev–Trinajstić information content (AvgIpc) is 3.54. The molecular formula is C21H16ClF4N5O. The van der Waals surface area contributed by atoms with Gasteiger partial charge in [-0.2, -0.15) is 13.2 Å². The van der Waals surface area contributed by atoms with Crippen molar-refractivity contribution in [3.8, 4) is 0 Å². The minimum Gasteiger partial charge on any atom is -0.340 e. The van der Waals surface area contributed by atoms with Crippen LogP contribution in [0, 0.1) is 11.2 Å². The van der Waals surface area contributed by atoms with Crippen LogP contribution in [-0.4, -0.2) is 22.1 Å². The largest absolute Gasteiger partial charge is 0.403 e. The molecule has 2 aromatic carbocycles. The number of nitrogens with zero attached hydrogens (tertiary/aromatic N) is 2. The Bertz CT molecular complexity index is 1170. The minimum atomic E-state index is -4.58. The molecule has 11 heteroatoms. The van der Waals surface area contributed by atoms with Crippen LogP contribution in [0.2, 0.25) is 5.02 Å². The highest BCUT2D eigenvalue weighted by Crippen LogP contribution is 2.58. The van der Waals surface area contributed by atoms with Crippen LogP contribution in [-0.2, 0) is 4.79 Å². The van der Waals surface area contributed by atoms with Gasteiger partial charge < -0.3 is 16.0 Å². The van der Waals surface area contributed by atoms with Crippen molar-refractivity contribution in [2.75, 3.05) is 16.0 Å². The standard InChI is InChI=1S/C21H16ClF4N5O/c22-15-9-14(4-5-16(15)23)30-18-10-17(27-11-28-18)29-12-2-1-3-13(8-12)31-19(32)20(6-7-20)21(24,25)26/h1-5,8-11H,6-7H2,(H,31,32)(H2,27,28,29,30). The first-order chi connectivity index (χ1) is 15.2. The van der Waals surface area contributed by atoms with Crippen LogP contribution in [0.1, 0.15) is 12.8 Å². The molecule has 0 unspecified atom stereocenters. The molecule has 3 aromatic rings. The van der Waals surface area contributed by atoms with E-state index in [1.54, 1.807) is 18.2 Å². The fourth-order valence-corrected chi connectivity index (χ4v) is 3.23. The third kappa shape index (κ3) is 4.59. The number of carbonyl (C=O) groups excluding carboxylic acids is 1. The quantitative estimate of drug-likeness (QED) is 0.387. The molecule has 1 aromatic heterocycles. The number of hydrogen-bond donors (Lipinski definition) is 3. The van der Waals surface area contributed by atoms with E-state index in [9.17, 15) is 22.4 Å². The summed E-state index contributed by atoms with van der Waals surface area (Å²) < 4.78 is 52.7. The summed E-state index contributed by atoms with van der Waals surface area (Å²) in [5.41, 5.74) is -1.06. The maximum atomic E-state index is 13.3. The Morgan fingerprint density at radius 1 is 0.938 bits per heavy atom. The molecule has 0 bridgehead atoms. The number of hydrogen-bond acceptors (Lipinski definition) is 5. The third-order valence-electron chi connectivity index (χ3n) is 4.98. The molecule has 0 radical (unpaired) electrons. The van der Waals surface area contributed by atoms with Gasteiger partial charge in [0.2, 0.25) is 5.91 Å². The van der Waals surface area contributed by atoms with Crippen LogP contribution in [0.25, 0.3) is 0 Å². The number of alkyl halides is 3. The van der Waals surface area contributed by atoms with E-state index >= 15 is 0 Å². The average molecular weight is 466 g/mol. The van der Waals surface area contributed by atoms with Gasteiger partial charge in [-0.25, -0.2) is 14.4 Å². The molecule has 0 saturated heterocycles. The van der Waals surface area contributed by atoms with Crippen LogP contribution in [0.3, 0.4) is 0 Å². The number of rotatable bonds is 6. The summed E-state index contributed by atoms with van der Waals surface area (Å²) in [6, 6.07) is 12.0. The van der Waals surface area contributed by atoms with Gasteiger partial charge in [-0.1, -0.05) is 17.7 Å². The Labute approximate surface area is 185 Å². The highest BCUT2D eigenvalue weighted by molar-refractivity contribution is 6.31. The Balaban J connectivity index is 1.45. The lowest BCUT2D eigenvalue weighted by Gasteiger charge is -2.18. The SMILES string of the molecule is O=C(Nc1cccc(Nc2cc(Nc3ccc(F)c(Cl)c3)ncn2)c1)C1(C(F)(F)F)CC1. The second kappa shape index (κ2) is 8.27. The van der Waals surface area contributed by atoms with E-state index in [1.807, 2.05) is 0 Å². The first-order valence-corrected chi connectivity index (χ1v) is 9.83. The maximum Gasteiger partial charge on any atom is 0.403 e. The zero-order valence-electron chi connectivity index (χ0n) is 16.3. The monoisotopic (exact) mass is 465 g/mol. The molecule has 4 rings (SSSR count). The summed E-state index contributed by atoms with van der Waals surface area (Å²) in [7, 11) is 0. The number of benzene rings is 2. The molecular weight excluding hydrogens is 450 g/mol. The van der Waals surface area contributed by atoms with Gasteiger partial charge >= 0.3 is 6.18 Å². The predicted octanol–water partition coefficient (Wildman–Crippen LogP) is 6.04. The molecule has 1 amide bonds. The number of amides is 1. The van der Waals surface area contributed by atoms with Gasteiger partial charge in [-0.3, -0.25) is 4.79 Å². The molecule has 166 valence electrons. The number of carbonyl (C=O) groups is 1. The first-order valence-electron chi connectivity index (χ1n) is 9.46. The summed E-state index contributed by atoms with van der Waals surface area (Å²) in [6.45, 7) is 0. The predicted molar refractivity (Wildman–Crippen MR) is 113 cm³/mol. The lowest BCUT2D eigenvalue weighted by Crippen LogP contribution is -2.36. The number of aromatic nitrogens is 2. The lowest BCUT2D eigenvalue weighted by atomic mass is 10.1. The van der Waals surface area contributed by atoms with Crippen LogP contribution >= 0.6 is 11.6 Å². The molecule has 3 N–H and O–H groups in total. The van der Waals surface area contributed by atoms with Crippen molar-refractivity contribution in [2.45, 2.75) is 19.0 Å². The zero-order chi connectivity index (χ0) is 22.9. The van der Waals surface area contributed by atoms with Crippen LogP contribution in [0.5, 0.6) is 0 Å². The van der Waals surface area contributed by atoms with E-state index in [2.05, 4.69) is 25.9 Å². The molecule has 0 aliphatic heterocycles. The van der Waals surface area contributed by atoms with Crippen LogP contribution in [0.15, 0.2) is 54.9 Å². The van der Waals surface area contributed by atoms with Crippen LogP contribution in [0.4, 0.5) is 46.3 Å². The molecule has 1 saturated carbocycles. The molecule has 0 spiro atoms. The summed E-state index contributed by atoms with van der Waals surface area (Å²) in [5.74, 6) is -0.825. The van der Waals surface area contributed by atoms with Gasteiger partial charge in [0.05, 0.1) is 5.02 Å². The highest BCUT2D eigenvalue weighted by Gasteiger charge is 2.68. The summed E-state index contributed by atoms with van der Waals surface area (Å²) in [5, 5.41) is 8.27. The van der Waals surface area contributed by atoms with E-state index in [4.69, 9.17) is 11.6 Å². The van der Waals surface area contributed by atoms with Crippen molar-refractivity contribution in [2.24, 2.45) is 5.41 Å². The molecule has 1 heterocycles. The Morgan fingerprint density at radius 2 is 1.56 bits per heavy atom. The fraction of sp³-hybridized carbons (Fsp3) is 0.190. The molecule has 6 nitrogen and oxygen atoms in total. The van der Waals surface area contributed by atoms with Gasteiger partial charge in [0.25, 0.3) is 0 Å². The molecule has 1 aliphatic carbocycles. The highest BCUT2D eigenvalue weighted by atomic mass is 35.5.